The number of likely N-dealkylation sites (N-methyl/N-ethyl adjacent to an activating group) is 1. The number of hydrogen-bond acceptors (Lipinski definition) is 3. The maximum atomic E-state index is 12.9. The van der Waals surface area contributed by atoms with Gasteiger partial charge in [-0.15, -0.1) is 0 Å². The Morgan fingerprint density at radius 1 is 1.27 bits per heavy atom. The van der Waals surface area contributed by atoms with E-state index in [1.807, 2.05) is 0 Å². The number of amides is 1. The second kappa shape index (κ2) is 7.70. The molecule has 1 heterocycles. The van der Waals surface area contributed by atoms with Crippen LogP contribution in [0.5, 0.6) is 0 Å². The van der Waals surface area contributed by atoms with Crippen LogP contribution in [0.1, 0.15) is 24.3 Å². The van der Waals surface area contributed by atoms with Gasteiger partial charge in [0.1, 0.15) is 17.8 Å². The fourth-order valence-electron chi connectivity index (χ4n) is 2.15. The van der Waals surface area contributed by atoms with E-state index >= 15 is 0 Å². The van der Waals surface area contributed by atoms with Crippen molar-refractivity contribution in [1.82, 2.24) is 19.8 Å². The Kier molecular flexibility index (Phi) is 5.66. The van der Waals surface area contributed by atoms with E-state index in [1.54, 1.807) is 29.2 Å². The molecule has 1 aromatic heterocycles. The fraction of sp³-hybridized carbons (Fsp3) is 0.375. The van der Waals surface area contributed by atoms with E-state index in [-0.39, 0.29) is 11.7 Å². The number of imidazole rings is 1. The normalized spacial score (nSPS) is 10.9. The van der Waals surface area contributed by atoms with Gasteiger partial charge in [-0.3, -0.25) is 4.79 Å². The number of carbonyl (C=O) groups is 1. The molecule has 1 N–H and O–H groups in total. The van der Waals surface area contributed by atoms with Crippen molar-refractivity contribution in [2.24, 2.45) is 0 Å². The van der Waals surface area contributed by atoms with E-state index in [0.29, 0.717) is 12.2 Å². The Morgan fingerprint density at radius 3 is 2.59 bits per heavy atom. The monoisotopic (exact) mass is 304 g/mol. The van der Waals surface area contributed by atoms with Crippen LogP contribution in [0.2, 0.25) is 0 Å². The van der Waals surface area contributed by atoms with Crippen molar-refractivity contribution in [2.45, 2.75) is 13.8 Å². The second-order valence-electron chi connectivity index (χ2n) is 4.93. The molecule has 118 valence electrons. The molecule has 0 spiro atoms. The van der Waals surface area contributed by atoms with Crippen LogP contribution in [-0.2, 0) is 0 Å². The number of aromatic nitrogens is 2. The summed E-state index contributed by atoms with van der Waals surface area (Å²) in [6.07, 6.45) is 3.19. The van der Waals surface area contributed by atoms with E-state index in [2.05, 4.69) is 29.0 Å². The van der Waals surface area contributed by atoms with Crippen molar-refractivity contribution in [3.05, 3.63) is 48.3 Å². The molecule has 1 amide bonds. The number of nitrogens with zero attached hydrogens (tertiary/aromatic N) is 3. The molecule has 0 aliphatic carbocycles. The third-order valence-electron chi connectivity index (χ3n) is 3.55. The first-order valence-electron chi connectivity index (χ1n) is 7.44. The van der Waals surface area contributed by atoms with Crippen molar-refractivity contribution < 1.29 is 9.18 Å². The molecule has 22 heavy (non-hydrogen) atoms. The summed E-state index contributed by atoms with van der Waals surface area (Å²) >= 11 is 0. The van der Waals surface area contributed by atoms with Gasteiger partial charge in [-0.1, -0.05) is 13.8 Å². The highest BCUT2D eigenvalue weighted by Gasteiger charge is 2.10. The Bertz CT molecular complexity index is 605. The van der Waals surface area contributed by atoms with Crippen LogP contribution in [-0.4, -0.2) is 46.5 Å². The van der Waals surface area contributed by atoms with E-state index in [0.717, 1.165) is 25.3 Å². The first-order valence-corrected chi connectivity index (χ1v) is 7.44. The van der Waals surface area contributed by atoms with Crippen LogP contribution in [0.15, 0.2) is 36.8 Å². The number of rotatable bonds is 7. The zero-order valence-corrected chi connectivity index (χ0v) is 12.9. The summed E-state index contributed by atoms with van der Waals surface area (Å²) in [7, 11) is 0. The first-order chi connectivity index (χ1) is 10.6. The maximum Gasteiger partial charge on any atom is 0.271 e. The van der Waals surface area contributed by atoms with Gasteiger partial charge in [0, 0.05) is 25.0 Å². The van der Waals surface area contributed by atoms with Gasteiger partial charge < -0.3 is 14.8 Å². The summed E-state index contributed by atoms with van der Waals surface area (Å²) in [4.78, 5) is 18.4. The third kappa shape index (κ3) is 4.14. The van der Waals surface area contributed by atoms with Crippen molar-refractivity contribution in [3.8, 4) is 5.69 Å². The highest BCUT2D eigenvalue weighted by atomic mass is 19.1. The third-order valence-corrected chi connectivity index (χ3v) is 3.55. The van der Waals surface area contributed by atoms with Gasteiger partial charge in [0.2, 0.25) is 0 Å². The molecule has 0 bridgehead atoms. The largest absolute Gasteiger partial charge is 0.349 e. The zero-order chi connectivity index (χ0) is 15.9. The maximum absolute atomic E-state index is 12.9. The molecule has 5 nitrogen and oxygen atoms in total. The molecule has 0 radical (unpaired) electrons. The topological polar surface area (TPSA) is 50.2 Å². The van der Waals surface area contributed by atoms with E-state index < -0.39 is 0 Å². The molecule has 0 atom stereocenters. The van der Waals surface area contributed by atoms with Crippen LogP contribution in [0, 0.1) is 5.82 Å². The van der Waals surface area contributed by atoms with Gasteiger partial charge in [0.05, 0.1) is 0 Å². The minimum Gasteiger partial charge on any atom is -0.349 e. The molecule has 0 fully saturated rings. The quantitative estimate of drug-likeness (QED) is 0.852. The molecule has 0 saturated heterocycles. The lowest BCUT2D eigenvalue weighted by atomic mass is 10.3. The molecular weight excluding hydrogens is 283 g/mol. The summed E-state index contributed by atoms with van der Waals surface area (Å²) in [6.45, 7) is 7.52. The first kappa shape index (κ1) is 16.2. The molecule has 0 unspecified atom stereocenters. The Balaban J connectivity index is 1.93. The lowest BCUT2D eigenvalue weighted by Crippen LogP contribution is -2.34. The van der Waals surface area contributed by atoms with Crippen LogP contribution < -0.4 is 5.32 Å². The predicted molar refractivity (Wildman–Crippen MR) is 83.6 cm³/mol. The summed E-state index contributed by atoms with van der Waals surface area (Å²) in [5.74, 6) is -0.494. The Labute approximate surface area is 129 Å². The van der Waals surface area contributed by atoms with Gasteiger partial charge in [-0.05, 0) is 37.4 Å². The summed E-state index contributed by atoms with van der Waals surface area (Å²) in [5.41, 5.74) is 1.11. The zero-order valence-electron chi connectivity index (χ0n) is 12.9. The predicted octanol–water partition coefficient (Wildman–Crippen LogP) is 2.08. The lowest BCUT2D eigenvalue weighted by molar-refractivity contribution is 0.0944. The van der Waals surface area contributed by atoms with E-state index in [1.165, 1.54) is 12.1 Å². The van der Waals surface area contributed by atoms with Crippen LogP contribution in [0.25, 0.3) is 5.69 Å². The smallest absolute Gasteiger partial charge is 0.271 e. The average molecular weight is 304 g/mol. The Morgan fingerprint density at radius 2 is 1.95 bits per heavy atom. The van der Waals surface area contributed by atoms with Crippen molar-refractivity contribution >= 4 is 5.91 Å². The molecule has 0 aliphatic heterocycles. The number of nitrogens with one attached hydrogen (secondary N) is 1. The Hall–Kier alpha value is -2.21. The summed E-state index contributed by atoms with van der Waals surface area (Å²) in [6, 6.07) is 6.02. The van der Waals surface area contributed by atoms with E-state index in [9.17, 15) is 9.18 Å². The standard InChI is InChI=1S/C16H21FN4O/c1-3-20(4-2)10-9-18-16(22)15-11-21(12-19-15)14-7-5-13(17)6-8-14/h5-8,11-12H,3-4,9-10H2,1-2H3,(H,18,22). The molecule has 2 rings (SSSR count). The molecule has 0 saturated carbocycles. The number of carbonyl (C=O) groups excluding carboxylic acids is 1. The van der Waals surface area contributed by atoms with Crippen LogP contribution >= 0.6 is 0 Å². The van der Waals surface area contributed by atoms with Gasteiger partial charge in [-0.25, -0.2) is 9.37 Å². The SMILES string of the molecule is CCN(CC)CCNC(=O)c1cn(-c2ccc(F)cc2)cn1. The number of halogens is 1. The number of hydrogen-bond donors (Lipinski definition) is 1. The van der Waals surface area contributed by atoms with Crippen LogP contribution in [0.3, 0.4) is 0 Å². The molecule has 6 heteroatoms. The molecule has 2 aromatic rings. The second-order valence-corrected chi connectivity index (χ2v) is 4.93. The molecule has 0 aliphatic rings. The van der Waals surface area contributed by atoms with Gasteiger partial charge in [0.15, 0.2) is 0 Å². The summed E-state index contributed by atoms with van der Waals surface area (Å²) in [5, 5.41) is 2.86. The lowest BCUT2D eigenvalue weighted by Gasteiger charge is -2.17. The highest BCUT2D eigenvalue weighted by Crippen LogP contribution is 2.09. The fourth-order valence-corrected chi connectivity index (χ4v) is 2.15. The average Bonchev–Trinajstić information content (AvgIpc) is 3.02. The van der Waals surface area contributed by atoms with Gasteiger partial charge in [0.25, 0.3) is 5.91 Å². The highest BCUT2D eigenvalue weighted by molar-refractivity contribution is 5.92. The van der Waals surface area contributed by atoms with Crippen molar-refractivity contribution in [3.63, 3.8) is 0 Å². The van der Waals surface area contributed by atoms with Crippen molar-refractivity contribution in [1.29, 1.82) is 0 Å². The summed E-state index contributed by atoms with van der Waals surface area (Å²) < 4.78 is 14.6. The number of benzene rings is 1. The molecule has 1 aromatic carbocycles. The molecular formula is C16H21FN4O. The van der Waals surface area contributed by atoms with Crippen molar-refractivity contribution in [2.75, 3.05) is 26.2 Å². The minimum atomic E-state index is -0.293. The van der Waals surface area contributed by atoms with E-state index in [4.69, 9.17) is 0 Å². The minimum absolute atomic E-state index is 0.201. The van der Waals surface area contributed by atoms with Gasteiger partial charge >= 0.3 is 0 Å². The van der Waals surface area contributed by atoms with Crippen LogP contribution in [0.4, 0.5) is 4.39 Å². The van der Waals surface area contributed by atoms with Gasteiger partial charge in [-0.2, -0.15) is 0 Å².